The Morgan fingerprint density at radius 1 is 1.19 bits per heavy atom. The Hall–Kier alpha value is -1.49. The van der Waals surface area contributed by atoms with Gasteiger partial charge in [-0.1, -0.05) is 30.3 Å². The highest BCUT2D eigenvalue weighted by molar-refractivity contribution is 7.80. The summed E-state index contributed by atoms with van der Waals surface area (Å²) in [7, 11) is 0. The molecule has 1 fully saturated rings. The summed E-state index contributed by atoms with van der Waals surface area (Å²) >= 11 is 4.16. The van der Waals surface area contributed by atoms with Crippen LogP contribution in [0.5, 0.6) is 0 Å². The second-order valence-electron chi connectivity index (χ2n) is 3.81. The number of thiol groups is 1. The summed E-state index contributed by atoms with van der Waals surface area (Å²) in [6.07, 6.45) is 0.453. The molecule has 1 unspecified atom stereocenters. The van der Waals surface area contributed by atoms with Crippen LogP contribution in [-0.2, 0) is 11.2 Å². The van der Waals surface area contributed by atoms with Crippen molar-refractivity contribution in [1.29, 1.82) is 0 Å². The number of nitrogens with one attached hydrogen (secondary N) is 2. The number of rotatable bonds is 3. The number of carbonyl (C=O) groups is 2. The molecule has 84 valence electrons. The van der Waals surface area contributed by atoms with E-state index in [9.17, 15) is 9.59 Å². The Kier molecular flexibility index (Phi) is 2.87. The van der Waals surface area contributed by atoms with Gasteiger partial charge in [0.15, 0.2) is 0 Å². The van der Waals surface area contributed by atoms with Gasteiger partial charge in [0.25, 0.3) is 5.91 Å². The van der Waals surface area contributed by atoms with Crippen LogP contribution in [0, 0.1) is 0 Å². The minimum Gasteiger partial charge on any atom is -0.322 e. The van der Waals surface area contributed by atoms with Crippen LogP contribution < -0.4 is 10.6 Å². The maximum absolute atomic E-state index is 11.7. The van der Waals surface area contributed by atoms with Crippen molar-refractivity contribution in [2.24, 2.45) is 0 Å². The minimum atomic E-state index is -0.915. The van der Waals surface area contributed by atoms with Gasteiger partial charge in [0, 0.05) is 12.2 Å². The molecule has 3 amide bonds. The van der Waals surface area contributed by atoms with E-state index >= 15 is 0 Å². The number of carbonyl (C=O) groups excluding carboxylic acids is 2. The SMILES string of the molecule is O=C1NC(=O)C(CS)(Cc2ccccc2)N1. The Morgan fingerprint density at radius 3 is 2.38 bits per heavy atom. The topological polar surface area (TPSA) is 58.2 Å². The molecule has 2 rings (SSSR count). The second kappa shape index (κ2) is 4.17. The molecule has 1 aromatic rings. The zero-order chi connectivity index (χ0) is 11.6. The normalized spacial score (nSPS) is 24.1. The third kappa shape index (κ3) is 1.90. The summed E-state index contributed by atoms with van der Waals surface area (Å²) in [5, 5.41) is 4.88. The number of hydrogen-bond acceptors (Lipinski definition) is 3. The molecule has 0 saturated carbocycles. The fourth-order valence-corrected chi connectivity index (χ4v) is 2.10. The molecule has 1 aliphatic rings. The summed E-state index contributed by atoms with van der Waals surface area (Å²) in [6, 6.07) is 9.10. The van der Waals surface area contributed by atoms with E-state index in [1.165, 1.54) is 0 Å². The van der Waals surface area contributed by atoms with Crippen LogP contribution in [0.2, 0.25) is 0 Å². The highest BCUT2D eigenvalue weighted by Crippen LogP contribution is 2.19. The molecular formula is C11H12N2O2S. The first-order valence-electron chi connectivity index (χ1n) is 4.95. The summed E-state index contributed by atoms with van der Waals surface area (Å²) in [4.78, 5) is 22.8. The van der Waals surface area contributed by atoms with Crippen LogP contribution >= 0.6 is 12.6 Å². The summed E-state index contributed by atoms with van der Waals surface area (Å²) in [5.74, 6) is -0.0317. The molecule has 0 spiro atoms. The van der Waals surface area contributed by atoms with Crippen molar-refractivity contribution in [3.63, 3.8) is 0 Å². The molecule has 1 heterocycles. The third-order valence-corrected chi connectivity index (χ3v) is 3.17. The summed E-state index contributed by atoms with van der Waals surface area (Å²) in [5.41, 5.74) is 0.0792. The van der Waals surface area contributed by atoms with Gasteiger partial charge in [-0.15, -0.1) is 0 Å². The van der Waals surface area contributed by atoms with Gasteiger partial charge in [-0.3, -0.25) is 10.1 Å². The predicted octanol–water partition coefficient (Wildman–Crippen LogP) is 0.737. The predicted molar refractivity (Wildman–Crippen MR) is 63.4 cm³/mol. The van der Waals surface area contributed by atoms with Gasteiger partial charge in [0.1, 0.15) is 5.54 Å². The monoisotopic (exact) mass is 236 g/mol. The van der Waals surface area contributed by atoms with E-state index in [2.05, 4.69) is 23.3 Å². The molecule has 0 bridgehead atoms. The summed E-state index contributed by atoms with van der Waals surface area (Å²) in [6.45, 7) is 0. The molecule has 0 aromatic heterocycles. The lowest BCUT2D eigenvalue weighted by Crippen LogP contribution is -2.50. The average Bonchev–Trinajstić information content (AvgIpc) is 2.56. The van der Waals surface area contributed by atoms with Gasteiger partial charge in [-0.2, -0.15) is 12.6 Å². The van der Waals surface area contributed by atoms with Crippen molar-refractivity contribution >= 4 is 24.6 Å². The molecule has 1 saturated heterocycles. The molecule has 0 aliphatic carbocycles. The van der Waals surface area contributed by atoms with E-state index in [1.807, 2.05) is 30.3 Å². The number of urea groups is 1. The average molecular weight is 236 g/mol. The van der Waals surface area contributed by atoms with Gasteiger partial charge in [0.05, 0.1) is 0 Å². The Balaban J connectivity index is 2.24. The van der Waals surface area contributed by atoms with Crippen molar-refractivity contribution in [1.82, 2.24) is 10.6 Å². The van der Waals surface area contributed by atoms with Crippen LogP contribution in [0.3, 0.4) is 0 Å². The van der Waals surface area contributed by atoms with Crippen LogP contribution in [0.4, 0.5) is 4.79 Å². The van der Waals surface area contributed by atoms with Gasteiger partial charge < -0.3 is 5.32 Å². The van der Waals surface area contributed by atoms with Crippen molar-refractivity contribution in [2.45, 2.75) is 12.0 Å². The van der Waals surface area contributed by atoms with Gasteiger partial charge in [0.2, 0.25) is 0 Å². The van der Waals surface area contributed by atoms with Crippen molar-refractivity contribution in [2.75, 3.05) is 5.75 Å². The molecule has 5 heteroatoms. The van der Waals surface area contributed by atoms with Crippen molar-refractivity contribution in [3.8, 4) is 0 Å². The lowest BCUT2D eigenvalue weighted by molar-refractivity contribution is -0.123. The maximum atomic E-state index is 11.7. The summed E-state index contributed by atoms with van der Waals surface area (Å²) < 4.78 is 0. The van der Waals surface area contributed by atoms with Crippen molar-refractivity contribution < 1.29 is 9.59 Å². The Morgan fingerprint density at radius 2 is 1.88 bits per heavy atom. The van der Waals surface area contributed by atoms with Gasteiger partial charge in [-0.05, 0) is 5.56 Å². The zero-order valence-corrected chi connectivity index (χ0v) is 9.46. The largest absolute Gasteiger partial charge is 0.322 e. The molecule has 1 aromatic carbocycles. The highest BCUT2D eigenvalue weighted by Gasteiger charge is 2.44. The van der Waals surface area contributed by atoms with E-state index in [0.717, 1.165) is 5.56 Å². The Bertz CT molecular complexity index is 421. The van der Waals surface area contributed by atoms with Crippen LogP contribution in [0.1, 0.15) is 5.56 Å². The molecule has 2 N–H and O–H groups in total. The van der Waals surface area contributed by atoms with Gasteiger partial charge in [-0.25, -0.2) is 4.79 Å². The molecular weight excluding hydrogens is 224 g/mol. The van der Waals surface area contributed by atoms with E-state index < -0.39 is 11.6 Å². The highest BCUT2D eigenvalue weighted by atomic mass is 32.1. The molecule has 1 aliphatic heterocycles. The van der Waals surface area contributed by atoms with E-state index in [-0.39, 0.29) is 11.7 Å². The van der Waals surface area contributed by atoms with E-state index in [0.29, 0.717) is 6.42 Å². The molecule has 0 radical (unpaired) electrons. The molecule has 1 atom stereocenters. The first kappa shape index (κ1) is 11.0. The quantitative estimate of drug-likeness (QED) is 0.535. The van der Waals surface area contributed by atoms with Gasteiger partial charge >= 0.3 is 6.03 Å². The number of benzene rings is 1. The first-order chi connectivity index (χ1) is 7.66. The van der Waals surface area contributed by atoms with Crippen molar-refractivity contribution in [3.05, 3.63) is 35.9 Å². The fraction of sp³-hybridized carbons (Fsp3) is 0.273. The molecule has 4 nitrogen and oxygen atoms in total. The fourth-order valence-electron chi connectivity index (χ4n) is 1.76. The Labute approximate surface area is 98.8 Å². The lowest BCUT2D eigenvalue weighted by atomic mass is 9.93. The van der Waals surface area contributed by atoms with E-state index in [1.54, 1.807) is 0 Å². The number of amides is 3. The zero-order valence-electron chi connectivity index (χ0n) is 8.56. The standard InChI is InChI=1S/C11H12N2O2S/c14-9-11(7-16,13-10(15)12-9)6-8-4-2-1-3-5-8/h1-5,16H,6-7H2,(H2,12,13,14,15). The minimum absolute atomic E-state index is 0.277. The number of imide groups is 1. The molecule has 16 heavy (non-hydrogen) atoms. The third-order valence-electron chi connectivity index (χ3n) is 2.63. The smallest absolute Gasteiger partial charge is 0.322 e. The first-order valence-corrected chi connectivity index (χ1v) is 5.58. The van der Waals surface area contributed by atoms with Crippen LogP contribution in [0.25, 0.3) is 0 Å². The van der Waals surface area contributed by atoms with E-state index in [4.69, 9.17) is 0 Å². The second-order valence-corrected chi connectivity index (χ2v) is 4.13. The van der Waals surface area contributed by atoms with Crippen LogP contribution in [0.15, 0.2) is 30.3 Å². The maximum Gasteiger partial charge on any atom is 0.322 e. The van der Waals surface area contributed by atoms with Crippen LogP contribution in [-0.4, -0.2) is 23.2 Å². The lowest BCUT2D eigenvalue weighted by Gasteiger charge is -2.23. The number of hydrogen-bond donors (Lipinski definition) is 3.